The van der Waals surface area contributed by atoms with E-state index in [4.69, 9.17) is 4.74 Å². The number of imidazole rings is 1. The molecule has 8 heteroatoms. The quantitative estimate of drug-likeness (QED) is 0.781. The first kappa shape index (κ1) is 15.6. The lowest BCUT2D eigenvalue weighted by Crippen LogP contribution is -2.47. The molecule has 1 fully saturated rings. The Morgan fingerprint density at radius 3 is 3.12 bits per heavy atom. The van der Waals surface area contributed by atoms with Crippen molar-refractivity contribution < 1.29 is 9.53 Å². The van der Waals surface area contributed by atoms with Gasteiger partial charge in [-0.2, -0.15) is 5.10 Å². The molecule has 4 rings (SSSR count). The SMILES string of the molecule is Cn1nccc1C1CN(C(=O)NCc2cn3ccccc3n2)CCO1. The van der Waals surface area contributed by atoms with Crippen molar-refractivity contribution in [1.29, 1.82) is 0 Å². The number of aromatic nitrogens is 4. The topological polar surface area (TPSA) is 76.7 Å². The number of rotatable bonds is 3. The molecule has 130 valence electrons. The predicted octanol–water partition coefficient (Wildman–Crippen LogP) is 1.35. The molecule has 1 unspecified atom stereocenters. The van der Waals surface area contributed by atoms with Crippen LogP contribution >= 0.6 is 0 Å². The summed E-state index contributed by atoms with van der Waals surface area (Å²) in [4.78, 5) is 18.8. The Kier molecular flexibility index (Phi) is 4.10. The standard InChI is InChI=1S/C17H20N6O2/c1-21-14(5-6-19-21)15-12-23(8-9-25-15)17(24)18-10-13-11-22-7-3-2-4-16(22)20-13/h2-7,11,15H,8-10,12H2,1H3,(H,18,24). The van der Waals surface area contributed by atoms with Crippen molar-refractivity contribution in [2.24, 2.45) is 7.05 Å². The lowest BCUT2D eigenvalue weighted by molar-refractivity contribution is -0.0194. The van der Waals surface area contributed by atoms with Crippen molar-refractivity contribution in [3.8, 4) is 0 Å². The summed E-state index contributed by atoms with van der Waals surface area (Å²) in [5, 5.41) is 7.11. The Morgan fingerprint density at radius 2 is 2.32 bits per heavy atom. The first-order valence-electron chi connectivity index (χ1n) is 8.25. The molecule has 2 amide bonds. The molecule has 0 spiro atoms. The van der Waals surface area contributed by atoms with Gasteiger partial charge in [0.2, 0.25) is 0 Å². The molecule has 1 saturated heterocycles. The van der Waals surface area contributed by atoms with E-state index in [9.17, 15) is 4.79 Å². The summed E-state index contributed by atoms with van der Waals surface area (Å²) in [6.45, 7) is 1.99. The van der Waals surface area contributed by atoms with E-state index >= 15 is 0 Å². The number of carbonyl (C=O) groups is 1. The molecule has 0 aliphatic carbocycles. The summed E-state index contributed by atoms with van der Waals surface area (Å²) in [5.41, 5.74) is 2.67. The highest BCUT2D eigenvalue weighted by Crippen LogP contribution is 2.21. The average Bonchev–Trinajstić information content (AvgIpc) is 3.25. The largest absolute Gasteiger partial charge is 0.368 e. The first-order valence-corrected chi connectivity index (χ1v) is 8.25. The number of urea groups is 1. The molecule has 25 heavy (non-hydrogen) atoms. The molecule has 1 atom stereocenters. The Morgan fingerprint density at radius 1 is 1.40 bits per heavy atom. The first-order chi connectivity index (χ1) is 12.2. The van der Waals surface area contributed by atoms with Gasteiger partial charge >= 0.3 is 6.03 Å². The van der Waals surface area contributed by atoms with Gasteiger partial charge in [-0.15, -0.1) is 0 Å². The molecule has 0 radical (unpaired) electrons. The van der Waals surface area contributed by atoms with Gasteiger partial charge in [-0.3, -0.25) is 4.68 Å². The molecule has 3 aromatic heterocycles. The van der Waals surface area contributed by atoms with E-state index in [2.05, 4.69) is 15.4 Å². The van der Waals surface area contributed by atoms with Crippen molar-refractivity contribution in [3.05, 3.63) is 54.2 Å². The van der Waals surface area contributed by atoms with Gasteiger partial charge < -0.3 is 19.4 Å². The van der Waals surface area contributed by atoms with E-state index in [0.717, 1.165) is 17.0 Å². The van der Waals surface area contributed by atoms with Gasteiger partial charge in [0.05, 0.1) is 31.1 Å². The van der Waals surface area contributed by atoms with Crippen molar-refractivity contribution in [2.45, 2.75) is 12.6 Å². The number of carbonyl (C=O) groups excluding carboxylic acids is 1. The van der Waals surface area contributed by atoms with Gasteiger partial charge in [0, 0.05) is 32.2 Å². The zero-order valence-corrected chi connectivity index (χ0v) is 14.0. The highest BCUT2D eigenvalue weighted by atomic mass is 16.5. The van der Waals surface area contributed by atoms with Crippen LogP contribution in [0.15, 0.2) is 42.9 Å². The van der Waals surface area contributed by atoms with E-state index in [1.54, 1.807) is 15.8 Å². The maximum absolute atomic E-state index is 12.5. The van der Waals surface area contributed by atoms with Gasteiger partial charge in [-0.05, 0) is 18.2 Å². The monoisotopic (exact) mass is 340 g/mol. The fourth-order valence-electron chi connectivity index (χ4n) is 3.06. The fourth-order valence-corrected chi connectivity index (χ4v) is 3.06. The van der Waals surface area contributed by atoms with Crippen LogP contribution in [0.5, 0.6) is 0 Å². The number of hydrogen-bond donors (Lipinski definition) is 1. The third kappa shape index (κ3) is 3.20. The van der Waals surface area contributed by atoms with Gasteiger partial charge in [-0.1, -0.05) is 6.07 Å². The molecule has 3 aromatic rings. The van der Waals surface area contributed by atoms with Crippen LogP contribution in [-0.4, -0.2) is 49.8 Å². The molecule has 0 aromatic carbocycles. The molecule has 0 bridgehead atoms. The lowest BCUT2D eigenvalue weighted by atomic mass is 10.2. The Labute approximate surface area is 145 Å². The average molecular weight is 340 g/mol. The maximum atomic E-state index is 12.5. The van der Waals surface area contributed by atoms with Crippen molar-refractivity contribution in [2.75, 3.05) is 19.7 Å². The number of nitrogens with zero attached hydrogens (tertiary/aromatic N) is 5. The minimum absolute atomic E-state index is 0.104. The number of amides is 2. The van der Waals surface area contributed by atoms with Crippen LogP contribution < -0.4 is 5.32 Å². The fraction of sp³-hybridized carbons (Fsp3) is 0.353. The molecule has 1 aliphatic rings. The molecule has 8 nitrogen and oxygen atoms in total. The number of nitrogens with one attached hydrogen (secondary N) is 1. The van der Waals surface area contributed by atoms with E-state index in [-0.39, 0.29) is 12.1 Å². The van der Waals surface area contributed by atoms with E-state index < -0.39 is 0 Å². The number of ether oxygens (including phenoxy) is 1. The second-order valence-electron chi connectivity index (χ2n) is 6.04. The second kappa shape index (κ2) is 6.56. The summed E-state index contributed by atoms with van der Waals surface area (Å²) in [7, 11) is 1.88. The summed E-state index contributed by atoms with van der Waals surface area (Å²) in [5.74, 6) is 0. The number of aryl methyl sites for hydroxylation is 1. The Hall–Kier alpha value is -2.87. The second-order valence-corrected chi connectivity index (χ2v) is 6.04. The van der Waals surface area contributed by atoms with Crippen molar-refractivity contribution >= 4 is 11.7 Å². The number of morpholine rings is 1. The van der Waals surface area contributed by atoms with Crippen LogP contribution in [0, 0.1) is 0 Å². The van der Waals surface area contributed by atoms with Gasteiger partial charge in [0.25, 0.3) is 0 Å². The van der Waals surface area contributed by atoms with Gasteiger partial charge in [0.15, 0.2) is 0 Å². The predicted molar refractivity (Wildman–Crippen MR) is 90.9 cm³/mol. The van der Waals surface area contributed by atoms with E-state index in [1.165, 1.54) is 0 Å². The van der Waals surface area contributed by atoms with Crippen LogP contribution in [0.1, 0.15) is 17.5 Å². The summed E-state index contributed by atoms with van der Waals surface area (Å²) in [6.07, 6.45) is 5.45. The van der Waals surface area contributed by atoms with Crippen LogP contribution in [0.25, 0.3) is 5.65 Å². The molecule has 1 N–H and O–H groups in total. The number of pyridine rings is 1. The maximum Gasteiger partial charge on any atom is 0.317 e. The highest BCUT2D eigenvalue weighted by Gasteiger charge is 2.27. The summed E-state index contributed by atoms with van der Waals surface area (Å²) in [6, 6.07) is 7.64. The zero-order valence-electron chi connectivity index (χ0n) is 14.0. The van der Waals surface area contributed by atoms with Gasteiger partial charge in [-0.25, -0.2) is 9.78 Å². The highest BCUT2D eigenvalue weighted by molar-refractivity contribution is 5.74. The van der Waals surface area contributed by atoms with Crippen molar-refractivity contribution in [3.63, 3.8) is 0 Å². The zero-order chi connectivity index (χ0) is 17.2. The normalized spacial score (nSPS) is 17.8. The molecule has 0 saturated carbocycles. The van der Waals surface area contributed by atoms with Gasteiger partial charge in [0.1, 0.15) is 11.8 Å². The van der Waals surface area contributed by atoms with E-state index in [0.29, 0.717) is 26.2 Å². The van der Waals surface area contributed by atoms with E-state index in [1.807, 2.05) is 48.1 Å². The molecule has 4 heterocycles. The van der Waals surface area contributed by atoms with Crippen LogP contribution in [0.4, 0.5) is 4.79 Å². The minimum atomic E-state index is -0.151. The van der Waals surface area contributed by atoms with Crippen LogP contribution in [0.3, 0.4) is 0 Å². The third-order valence-corrected chi connectivity index (χ3v) is 4.38. The molecule has 1 aliphatic heterocycles. The smallest absolute Gasteiger partial charge is 0.317 e. The molecular formula is C17H20N6O2. The van der Waals surface area contributed by atoms with Crippen LogP contribution in [-0.2, 0) is 18.3 Å². The van der Waals surface area contributed by atoms with Crippen LogP contribution in [0.2, 0.25) is 0 Å². The lowest BCUT2D eigenvalue weighted by Gasteiger charge is -2.32. The Balaban J connectivity index is 1.38. The summed E-state index contributed by atoms with van der Waals surface area (Å²) < 4.78 is 9.51. The number of hydrogen-bond acceptors (Lipinski definition) is 4. The summed E-state index contributed by atoms with van der Waals surface area (Å²) >= 11 is 0. The van der Waals surface area contributed by atoms with Crippen molar-refractivity contribution in [1.82, 2.24) is 29.4 Å². The number of fused-ring (bicyclic) bond motifs is 1. The third-order valence-electron chi connectivity index (χ3n) is 4.38. The Bertz CT molecular complexity index is 853. The minimum Gasteiger partial charge on any atom is -0.368 e. The molecular weight excluding hydrogens is 320 g/mol.